The van der Waals surface area contributed by atoms with Crippen molar-refractivity contribution in [1.82, 2.24) is 31.4 Å². The van der Waals surface area contributed by atoms with E-state index in [1.165, 1.54) is 24.3 Å². The lowest BCUT2D eigenvalue weighted by molar-refractivity contribution is -0.132. The highest BCUT2D eigenvalue weighted by Gasteiger charge is 2.37. The van der Waals surface area contributed by atoms with E-state index < -0.39 is 106 Å². The Morgan fingerprint density at radius 1 is 0.824 bits per heavy atom. The fourth-order valence-electron chi connectivity index (χ4n) is 4.82. The molecule has 276 valence electrons. The Morgan fingerprint density at radius 3 is 2.02 bits per heavy atom. The van der Waals surface area contributed by atoms with Gasteiger partial charge in [0.1, 0.15) is 12.1 Å². The number of hydrogen-bond acceptors (Lipinski definition) is 9. The van der Waals surface area contributed by atoms with Crippen LogP contribution in [0.25, 0.3) is 11.3 Å². The number of carbonyl (C=O) groups is 4. The molecule has 1 heterocycles. The highest BCUT2D eigenvalue weighted by molar-refractivity contribution is 5.87. The lowest BCUT2D eigenvalue weighted by atomic mass is 9.85. The monoisotopic (exact) mass is 718 g/mol. The maximum absolute atomic E-state index is 14.5. The molecule has 51 heavy (non-hydrogen) atoms. The molecule has 4 amide bonds. The minimum Gasteiger partial charge on any atom is -0.453 e. The van der Waals surface area contributed by atoms with Crippen LogP contribution in [0.4, 0.5) is 9.59 Å². The van der Waals surface area contributed by atoms with Crippen LogP contribution in [0.5, 0.6) is 0 Å². The van der Waals surface area contributed by atoms with Gasteiger partial charge in [-0.25, -0.2) is 14.6 Å². The third kappa shape index (κ3) is 12.7. The molecule has 13 nitrogen and oxygen atoms in total. The van der Waals surface area contributed by atoms with Gasteiger partial charge >= 0.3 is 12.2 Å². The lowest BCUT2D eigenvalue weighted by Crippen LogP contribution is -2.60. The van der Waals surface area contributed by atoms with Crippen molar-refractivity contribution >= 4 is 24.0 Å². The summed E-state index contributed by atoms with van der Waals surface area (Å²) in [5.74, 6) is -2.86. The molecule has 4 atom stereocenters. The van der Waals surface area contributed by atoms with Crippen LogP contribution in [-0.4, -0.2) is 84.0 Å². The Hall–Kier alpha value is -5.01. The molecule has 5 N–H and O–H groups in total. The lowest BCUT2D eigenvalue weighted by Gasteiger charge is -2.35. The molecule has 3 rings (SSSR count). The SMILES string of the molecule is [2H]C([2H])([2H])OC(=O)N[C@H](C(=O)N[C@@H](Cc1ccccc1)[C@@H](O)CN(NC(=O)[C@@H](NC(=O)OC)C(C)(C)C)C([2H])([2H])c1ccc(-c2ccccn2)cc1)C(C([2H])([2H])[2H])(C([2H])([2H])[2H])C([2H])([2H])[2H]. The predicted molar refractivity (Wildman–Crippen MR) is 194 cm³/mol. The van der Waals surface area contributed by atoms with E-state index in [9.17, 15) is 27.0 Å². The first-order chi connectivity index (χ1) is 29.7. The number of hydrazine groups is 1. The molecular formula is C38H52N6O7. The van der Waals surface area contributed by atoms with Crippen LogP contribution < -0.4 is 21.4 Å². The van der Waals surface area contributed by atoms with Crippen molar-refractivity contribution in [2.45, 2.75) is 78.5 Å². The fourth-order valence-corrected chi connectivity index (χ4v) is 4.82. The summed E-state index contributed by atoms with van der Waals surface area (Å²) in [4.78, 5) is 58.1. The summed E-state index contributed by atoms with van der Waals surface area (Å²) >= 11 is 0. The number of rotatable bonds is 14. The van der Waals surface area contributed by atoms with Gasteiger partial charge in [-0.05, 0) is 40.5 Å². The highest BCUT2D eigenvalue weighted by atomic mass is 16.5. The zero-order valence-corrected chi connectivity index (χ0v) is 28.5. The minimum atomic E-state index is -4.17. The molecule has 0 bridgehead atoms. The first-order valence-electron chi connectivity index (χ1n) is 22.6. The molecule has 0 saturated carbocycles. The standard InChI is InChI=1S/C38H52N6O7/c1-37(2,3)31(41-35(48)50-7)33(46)40-29(22-25-14-10-9-11-15-25)30(45)24-44(43-34(47)32(38(4,5)6)42-36(49)51-8)23-26-17-19-27(20-18-26)28-16-12-13-21-39-28/h9-21,29-32,45H,22-24H2,1-8H3,(H,40,46)(H,41,48)(H,42,49)(H,43,47)/t29-,30-,31+,32+/m0/s1/i1D3,2D3,3D3,7D3,23D2. The predicted octanol–water partition coefficient (Wildman–Crippen LogP) is 4.21. The summed E-state index contributed by atoms with van der Waals surface area (Å²) < 4.78 is 123. The van der Waals surface area contributed by atoms with Crippen LogP contribution in [0.3, 0.4) is 0 Å². The summed E-state index contributed by atoms with van der Waals surface area (Å²) in [6.45, 7) is -11.4. The number of aromatic nitrogens is 1. The van der Waals surface area contributed by atoms with Crippen LogP contribution in [-0.2, 0) is 32.0 Å². The normalized spacial score (nSPS) is 19.3. The molecule has 0 unspecified atom stereocenters. The Balaban J connectivity index is 2.25. The van der Waals surface area contributed by atoms with Crippen molar-refractivity contribution in [1.29, 1.82) is 0 Å². The minimum absolute atomic E-state index is 0.101. The molecule has 0 aliphatic rings. The van der Waals surface area contributed by atoms with Gasteiger partial charge in [0.25, 0.3) is 5.91 Å². The quantitative estimate of drug-likeness (QED) is 0.153. The van der Waals surface area contributed by atoms with E-state index in [1.54, 1.807) is 80.8 Å². The highest BCUT2D eigenvalue weighted by Crippen LogP contribution is 2.23. The van der Waals surface area contributed by atoms with Crippen LogP contribution in [0, 0.1) is 10.8 Å². The number of nitrogens with one attached hydrogen (secondary N) is 4. The number of benzene rings is 2. The molecule has 0 fully saturated rings. The van der Waals surface area contributed by atoms with Gasteiger partial charge < -0.3 is 30.5 Å². The number of aliphatic hydroxyl groups is 1. The van der Waals surface area contributed by atoms with Crippen molar-refractivity contribution < 1.29 is 52.9 Å². The zero-order valence-electron chi connectivity index (χ0n) is 42.5. The number of aliphatic hydroxyl groups excluding tert-OH is 1. The van der Waals surface area contributed by atoms with Crippen molar-refractivity contribution in [2.75, 3.05) is 20.7 Å². The molecule has 0 aliphatic heterocycles. The summed E-state index contributed by atoms with van der Waals surface area (Å²) in [5, 5.41) is 18.9. The van der Waals surface area contributed by atoms with Gasteiger partial charge in [0.2, 0.25) is 5.91 Å². The maximum atomic E-state index is 14.5. The van der Waals surface area contributed by atoms with Crippen LogP contribution in [0.15, 0.2) is 79.0 Å². The summed E-state index contributed by atoms with van der Waals surface area (Å²) in [6.07, 6.45) is -4.06. The number of ether oxygens (including phenoxy) is 2. The second-order valence-electron chi connectivity index (χ2n) is 12.6. The van der Waals surface area contributed by atoms with Crippen LogP contribution in [0.2, 0.25) is 0 Å². The summed E-state index contributed by atoms with van der Waals surface area (Å²) in [6, 6.07) is 12.4. The molecule has 0 saturated heterocycles. The number of alkyl carbamates (subject to hydrolysis) is 2. The van der Waals surface area contributed by atoms with Crippen molar-refractivity contribution in [3.05, 3.63) is 90.1 Å². The van der Waals surface area contributed by atoms with Crippen molar-refractivity contribution in [2.24, 2.45) is 10.8 Å². The summed E-state index contributed by atoms with van der Waals surface area (Å²) in [5.41, 5.74) is -1.44. The van der Waals surface area contributed by atoms with Gasteiger partial charge in [0.15, 0.2) is 0 Å². The number of pyridine rings is 1. The van der Waals surface area contributed by atoms with Crippen molar-refractivity contribution in [3.8, 4) is 11.3 Å². The third-order valence-electron chi connectivity index (χ3n) is 7.44. The molecule has 13 heteroatoms. The molecular weight excluding hydrogens is 652 g/mol. The topological polar surface area (TPSA) is 171 Å². The van der Waals surface area contributed by atoms with Crippen molar-refractivity contribution in [3.63, 3.8) is 0 Å². The molecule has 2 aromatic carbocycles. The Labute approximate surface area is 320 Å². The van der Waals surface area contributed by atoms with Gasteiger partial charge in [0, 0.05) is 37.1 Å². The van der Waals surface area contributed by atoms with E-state index in [0.717, 1.165) is 7.11 Å². The smallest absolute Gasteiger partial charge is 0.407 e. The average molecular weight is 719 g/mol. The fraction of sp³-hybridized carbons (Fsp3) is 0.447. The Bertz CT molecular complexity index is 2050. The van der Waals surface area contributed by atoms with Crippen LogP contribution >= 0.6 is 0 Å². The van der Waals surface area contributed by atoms with Gasteiger partial charge in [-0.2, -0.15) is 0 Å². The Kier molecular flexibility index (Phi) is 8.69. The first-order valence-corrected chi connectivity index (χ1v) is 15.6. The maximum Gasteiger partial charge on any atom is 0.407 e. The van der Waals surface area contributed by atoms with Gasteiger partial charge in [0.05, 0.1) is 38.8 Å². The molecule has 0 aliphatic carbocycles. The number of amides is 4. The van der Waals surface area contributed by atoms with E-state index in [1.807, 2.05) is 0 Å². The second-order valence-corrected chi connectivity index (χ2v) is 12.6. The first kappa shape index (κ1) is 24.2. The number of nitrogens with zero attached hydrogens (tertiary/aromatic N) is 2. The third-order valence-corrected chi connectivity index (χ3v) is 7.44. The summed E-state index contributed by atoms with van der Waals surface area (Å²) in [7, 11) is -2.50. The number of methoxy groups -OCH3 is 2. The average Bonchev–Trinajstić information content (AvgIpc) is 3.17. The molecule has 0 radical (unpaired) electrons. The number of carbonyl (C=O) groups excluding carboxylic acids is 4. The van der Waals surface area contributed by atoms with E-state index >= 15 is 0 Å². The van der Waals surface area contributed by atoms with Gasteiger partial charge in [-0.3, -0.25) is 20.0 Å². The largest absolute Gasteiger partial charge is 0.453 e. The second kappa shape index (κ2) is 18.3. The zero-order chi connectivity index (χ0) is 49.6. The van der Waals surface area contributed by atoms with Crippen LogP contribution in [0.1, 0.15) is 71.6 Å². The van der Waals surface area contributed by atoms with Gasteiger partial charge in [-0.1, -0.05) is 102 Å². The van der Waals surface area contributed by atoms with Gasteiger partial charge in [-0.15, -0.1) is 0 Å². The molecule has 0 spiro atoms. The van der Waals surface area contributed by atoms with E-state index in [-0.39, 0.29) is 5.56 Å². The number of hydrogen-bond donors (Lipinski definition) is 5. The van der Waals surface area contributed by atoms with E-state index in [2.05, 4.69) is 30.5 Å². The molecule has 3 aromatic rings. The van der Waals surface area contributed by atoms with E-state index in [4.69, 9.17) is 16.4 Å². The van der Waals surface area contributed by atoms with E-state index in [0.29, 0.717) is 21.8 Å². The Morgan fingerprint density at radius 2 is 1.45 bits per heavy atom. The molecule has 1 aromatic heterocycles.